The van der Waals surface area contributed by atoms with Crippen LogP contribution in [-0.4, -0.2) is 31.9 Å². The maximum absolute atomic E-state index is 13.4. The number of hydrogen-bond donors (Lipinski definition) is 1. The molecule has 1 N–H and O–H groups in total. The standard InChI is InChI=1S/C11H15FN2O4S2/c1-8(7-19-2)6-13-20(17,18)9-3-4-11(14(15)16)10(12)5-9/h3-5,8,13H,6-7H2,1-2H3. The van der Waals surface area contributed by atoms with Gasteiger partial charge in [-0.25, -0.2) is 13.1 Å². The lowest BCUT2D eigenvalue weighted by Crippen LogP contribution is -2.29. The number of nitrogens with zero attached hydrogens (tertiary/aromatic N) is 1. The van der Waals surface area contributed by atoms with E-state index >= 15 is 0 Å². The third-order valence-electron chi connectivity index (χ3n) is 2.50. The number of nitro benzene ring substituents is 1. The molecule has 20 heavy (non-hydrogen) atoms. The molecule has 9 heteroatoms. The van der Waals surface area contributed by atoms with Gasteiger partial charge in [-0.3, -0.25) is 10.1 Å². The van der Waals surface area contributed by atoms with Crippen LogP contribution in [0.4, 0.5) is 10.1 Å². The first-order chi connectivity index (χ1) is 9.27. The predicted octanol–water partition coefficient (Wildman–Crippen LogP) is 2.01. The molecule has 1 unspecified atom stereocenters. The Bertz CT molecular complexity index is 592. The molecule has 0 saturated carbocycles. The summed E-state index contributed by atoms with van der Waals surface area (Å²) in [5.74, 6) is -0.255. The number of nitrogens with one attached hydrogen (secondary N) is 1. The van der Waals surface area contributed by atoms with Crippen LogP contribution in [0.1, 0.15) is 6.92 Å². The Hall–Kier alpha value is -1.19. The normalized spacial score (nSPS) is 13.2. The molecule has 1 rings (SSSR count). The zero-order chi connectivity index (χ0) is 15.3. The summed E-state index contributed by atoms with van der Waals surface area (Å²) in [5.41, 5.74) is -0.750. The average molecular weight is 322 g/mol. The summed E-state index contributed by atoms with van der Waals surface area (Å²) in [7, 11) is -3.86. The minimum absolute atomic E-state index is 0.127. The molecule has 1 atom stereocenters. The molecule has 0 spiro atoms. The summed E-state index contributed by atoms with van der Waals surface area (Å²) < 4.78 is 39.6. The van der Waals surface area contributed by atoms with E-state index in [2.05, 4.69) is 4.72 Å². The molecule has 0 aromatic heterocycles. The van der Waals surface area contributed by atoms with Gasteiger partial charge in [0.1, 0.15) is 0 Å². The Morgan fingerprint density at radius 2 is 2.15 bits per heavy atom. The third-order valence-corrected chi connectivity index (χ3v) is 4.82. The largest absolute Gasteiger partial charge is 0.304 e. The lowest BCUT2D eigenvalue weighted by molar-refractivity contribution is -0.387. The number of benzene rings is 1. The molecular formula is C11H15FN2O4S2. The molecule has 0 aliphatic rings. The van der Waals surface area contributed by atoms with E-state index < -0.39 is 26.5 Å². The zero-order valence-corrected chi connectivity index (χ0v) is 12.6. The van der Waals surface area contributed by atoms with Crippen LogP contribution in [0.3, 0.4) is 0 Å². The molecule has 0 aliphatic heterocycles. The highest BCUT2D eigenvalue weighted by molar-refractivity contribution is 7.98. The van der Waals surface area contributed by atoms with Crippen molar-refractivity contribution in [2.75, 3.05) is 18.6 Å². The molecule has 0 bridgehead atoms. The summed E-state index contributed by atoms with van der Waals surface area (Å²) in [6.07, 6.45) is 1.91. The van der Waals surface area contributed by atoms with Crippen LogP contribution in [-0.2, 0) is 10.0 Å². The molecule has 1 aromatic carbocycles. The summed E-state index contributed by atoms with van der Waals surface area (Å²) in [5, 5.41) is 10.5. The summed E-state index contributed by atoms with van der Waals surface area (Å²) in [4.78, 5) is 9.24. The van der Waals surface area contributed by atoms with Gasteiger partial charge < -0.3 is 0 Å². The van der Waals surface area contributed by atoms with Gasteiger partial charge in [-0.1, -0.05) is 6.92 Å². The van der Waals surface area contributed by atoms with Crippen LogP contribution in [0.5, 0.6) is 0 Å². The van der Waals surface area contributed by atoms with Gasteiger partial charge >= 0.3 is 5.69 Å². The van der Waals surface area contributed by atoms with Gasteiger partial charge in [0.15, 0.2) is 0 Å². The van der Waals surface area contributed by atoms with Crippen molar-refractivity contribution < 1.29 is 17.7 Å². The smallest absolute Gasteiger partial charge is 0.258 e. The highest BCUT2D eigenvalue weighted by Gasteiger charge is 2.20. The van der Waals surface area contributed by atoms with Gasteiger partial charge in [-0.15, -0.1) is 0 Å². The quantitative estimate of drug-likeness (QED) is 0.612. The lowest BCUT2D eigenvalue weighted by atomic mass is 10.2. The maximum Gasteiger partial charge on any atom is 0.304 e. The van der Waals surface area contributed by atoms with E-state index in [9.17, 15) is 22.9 Å². The van der Waals surface area contributed by atoms with Crippen LogP contribution >= 0.6 is 11.8 Å². The van der Waals surface area contributed by atoms with E-state index in [4.69, 9.17) is 0 Å². The van der Waals surface area contributed by atoms with Crippen LogP contribution < -0.4 is 4.72 Å². The van der Waals surface area contributed by atoms with Crippen molar-refractivity contribution in [3.63, 3.8) is 0 Å². The molecule has 1 aromatic rings. The van der Waals surface area contributed by atoms with Crippen molar-refractivity contribution in [2.24, 2.45) is 5.92 Å². The Balaban J connectivity index is 2.88. The molecule has 0 fully saturated rings. The Morgan fingerprint density at radius 3 is 2.65 bits per heavy atom. The minimum atomic E-state index is -3.86. The Labute approximate surface area is 121 Å². The van der Waals surface area contributed by atoms with Gasteiger partial charge in [-0.2, -0.15) is 16.2 Å². The lowest BCUT2D eigenvalue weighted by Gasteiger charge is -2.11. The van der Waals surface area contributed by atoms with Gasteiger partial charge in [0.05, 0.1) is 9.82 Å². The van der Waals surface area contributed by atoms with E-state index in [1.807, 2.05) is 13.2 Å². The minimum Gasteiger partial charge on any atom is -0.258 e. The first kappa shape index (κ1) is 16.9. The Kier molecular flexibility index (Phi) is 5.90. The van der Waals surface area contributed by atoms with Crippen molar-refractivity contribution in [2.45, 2.75) is 11.8 Å². The predicted molar refractivity (Wildman–Crippen MR) is 75.8 cm³/mol. The Morgan fingerprint density at radius 1 is 1.50 bits per heavy atom. The van der Waals surface area contributed by atoms with Crippen LogP contribution in [0.15, 0.2) is 23.1 Å². The topological polar surface area (TPSA) is 89.3 Å². The molecule has 0 radical (unpaired) electrons. The number of halogens is 1. The van der Waals surface area contributed by atoms with Gasteiger partial charge in [0.25, 0.3) is 0 Å². The zero-order valence-electron chi connectivity index (χ0n) is 11.0. The fraction of sp³-hybridized carbons (Fsp3) is 0.455. The first-order valence-corrected chi connectivity index (χ1v) is 8.58. The molecular weight excluding hydrogens is 307 g/mol. The monoisotopic (exact) mass is 322 g/mol. The number of rotatable bonds is 7. The highest BCUT2D eigenvalue weighted by atomic mass is 32.2. The molecule has 0 aliphatic carbocycles. The number of thioether (sulfide) groups is 1. The molecule has 112 valence electrons. The molecule has 0 heterocycles. The maximum atomic E-state index is 13.4. The number of hydrogen-bond acceptors (Lipinski definition) is 5. The van der Waals surface area contributed by atoms with Gasteiger partial charge in [-0.05, 0) is 24.0 Å². The van der Waals surface area contributed by atoms with Crippen LogP contribution in [0.25, 0.3) is 0 Å². The second-order valence-corrected chi connectivity index (χ2v) is 6.96. The second-order valence-electron chi connectivity index (χ2n) is 4.28. The van der Waals surface area contributed by atoms with E-state index in [1.165, 1.54) is 0 Å². The van der Waals surface area contributed by atoms with Gasteiger partial charge in [0.2, 0.25) is 15.8 Å². The van der Waals surface area contributed by atoms with E-state index in [-0.39, 0.29) is 17.4 Å². The summed E-state index contributed by atoms with van der Waals surface area (Å²) >= 11 is 1.59. The first-order valence-electron chi connectivity index (χ1n) is 5.70. The molecule has 0 amide bonds. The molecule has 0 saturated heterocycles. The second kappa shape index (κ2) is 7.00. The average Bonchev–Trinajstić information content (AvgIpc) is 2.36. The molecule has 6 nitrogen and oxygen atoms in total. The van der Waals surface area contributed by atoms with Crippen LogP contribution in [0.2, 0.25) is 0 Å². The number of sulfonamides is 1. The van der Waals surface area contributed by atoms with E-state index in [1.54, 1.807) is 11.8 Å². The van der Waals surface area contributed by atoms with Crippen molar-refractivity contribution in [1.82, 2.24) is 4.72 Å². The third kappa shape index (κ3) is 4.43. The van der Waals surface area contributed by atoms with Crippen molar-refractivity contribution in [1.29, 1.82) is 0 Å². The van der Waals surface area contributed by atoms with E-state index in [0.29, 0.717) is 6.07 Å². The van der Waals surface area contributed by atoms with Crippen molar-refractivity contribution in [3.8, 4) is 0 Å². The number of nitro groups is 1. The van der Waals surface area contributed by atoms with Crippen LogP contribution in [0, 0.1) is 21.8 Å². The fourth-order valence-electron chi connectivity index (χ4n) is 1.48. The highest BCUT2D eigenvalue weighted by Crippen LogP contribution is 2.20. The van der Waals surface area contributed by atoms with E-state index in [0.717, 1.165) is 17.9 Å². The summed E-state index contributed by atoms with van der Waals surface area (Å²) in [6, 6.07) is 2.51. The van der Waals surface area contributed by atoms with Crippen molar-refractivity contribution in [3.05, 3.63) is 34.1 Å². The fourth-order valence-corrected chi connectivity index (χ4v) is 3.34. The summed E-state index contributed by atoms with van der Waals surface area (Å²) in [6.45, 7) is 2.11. The SMILES string of the molecule is CSCC(C)CNS(=O)(=O)c1ccc([N+](=O)[O-])c(F)c1. The van der Waals surface area contributed by atoms with Gasteiger partial charge in [0, 0.05) is 18.7 Å². The van der Waals surface area contributed by atoms with Crippen molar-refractivity contribution >= 4 is 27.5 Å².